The maximum absolute atomic E-state index is 12.5. The number of ether oxygens (including phenoxy) is 1. The Morgan fingerprint density at radius 3 is 2.69 bits per heavy atom. The average molecular weight is 396 g/mol. The van der Waals surface area contributed by atoms with Crippen molar-refractivity contribution >= 4 is 35.6 Å². The maximum atomic E-state index is 12.5. The van der Waals surface area contributed by atoms with Gasteiger partial charge in [0.25, 0.3) is 0 Å². The van der Waals surface area contributed by atoms with Crippen LogP contribution in [0, 0.1) is 0 Å². The Balaban J connectivity index is 0.00000243. The van der Waals surface area contributed by atoms with Crippen LogP contribution in [-0.2, 0) is 4.79 Å². The number of piperazine rings is 1. The van der Waals surface area contributed by atoms with Gasteiger partial charge < -0.3 is 15.4 Å². The van der Waals surface area contributed by atoms with Crippen LogP contribution in [-0.4, -0.2) is 44.1 Å². The fourth-order valence-corrected chi connectivity index (χ4v) is 3.31. The number of anilines is 1. The minimum Gasteiger partial charge on any atom is -0.497 e. The summed E-state index contributed by atoms with van der Waals surface area (Å²) in [7, 11) is 1.62. The summed E-state index contributed by atoms with van der Waals surface area (Å²) < 4.78 is 5.13. The fraction of sp³-hybridized carbons (Fsp3) is 0.316. The van der Waals surface area contributed by atoms with E-state index >= 15 is 0 Å². The van der Waals surface area contributed by atoms with E-state index in [1.54, 1.807) is 7.11 Å². The number of hydrogen-bond donors (Lipinski definition) is 2. The van der Waals surface area contributed by atoms with Gasteiger partial charge in [0.15, 0.2) is 0 Å². The molecule has 0 saturated carbocycles. The van der Waals surface area contributed by atoms with Gasteiger partial charge in [-0.2, -0.15) is 0 Å². The van der Waals surface area contributed by atoms with Crippen molar-refractivity contribution in [2.24, 2.45) is 0 Å². The zero-order chi connectivity index (χ0) is 17.6. The van der Waals surface area contributed by atoms with Crippen LogP contribution in [0.1, 0.15) is 11.6 Å². The first-order chi connectivity index (χ1) is 12.2. The highest BCUT2D eigenvalue weighted by Crippen LogP contribution is 2.28. The van der Waals surface area contributed by atoms with Crippen molar-refractivity contribution in [1.29, 1.82) is 0 Å². The molecule has 1 aliphatic rings. The van der Waals surface area contributed by atoms with Gasteiger partial charge in [0, 0.05) is 36.4 Å². The van der Waals surface area contributed by atoms with E-state index in [2.05, 4.69) is 15.5 Å². The summed E-state index contributed by atoms with van der Waals surface area (Å²) in [5.41, 5.74) is 1.81. The number of benzene rings is 2. The molecule has 0 aromatic heterocycles. The van der Waals surface area contributed by atoms with E-state index in [9.17, 15) is 4.79 Å². The van der Waals surface area contributed by atoms with E-state index in [1.165, 1.54) is 0 Å². The quantitative estimate of drug-likeness (QED) is 0.814. The highest BCUT2D eigenvalue weighted by molar-refractivity contribution is 6.31. The highest BCUT2D eigenvalue weighted by atomic mass is 35.5. The summed E-state index contributed by atoms with van der Waals surface area (Å²) in [6.45, 7) is 2.76. The number of carbonyl (C=O) groups is 1. The van der Waals surface area contributed by atoms with Gasteiger partial charge in [0.05, 0.1) is 13.7 Å². The first kappa shape index (κ1) is 20.5. The Bertz CT molecular complexity index is 725. The molecule has 1 atom stereocenters. The Kier molecular flexibility index (Phi) is 7.72. The molecule has 0 bridgehead atoms. The van der Waals surface area contributed by atoms with Gasteiger partial charge in [-0.25, -0.2) is 0 Å². The van der Waals surface area contributed by atoms with Gasteiger partial charge in [-0.15, -0.1) is 12.4 Å². The third kappa shape index (κ3) is 5.11. The van der Waals surface area contributed by atoms with Crippen molar-refractivity contribution < 1.29 is 9.53 Å². The average Bonchev–Trinajstić information content (AvgIpc) is 2.63. The molecule has 26 heavy (non-hydrogen) atoms. The van der Waals surface area contributed by atoms with E-state index < -0.39 is 0 Å². The molecule has 1 fully saturated rings. The molecule has 1 amide bonds. The monoisotopic (exact) mass is 395 g/mol. The highest BCUT2D eigenvalue weighted by Gasteiger charge is 2.26. The molecule has 0 aliphatic carbocycles. The molecule has 1 heterocycles. The predicted molar refractivity (Wildman–Crippen MR) is 108 cm³/mol. The first-order valence-electron chi connectivity index (χ1n) is 8.30. The van der Waals surface area contributed by atoms with E-state index in [0.717, 1.165) is 41.7 Å². The molecule has 2 N–H and O–H groups in total. The summed E-state index contributed by atoms with van der Waals surface area (Å²) in [6, 6.07) is 15.2. The van der Waals surface area contributed by atoms with Gasteiger partial charge >= 0.3 is 0 Å². The van der Waals surface area contributed by atoms with Crippen LogP contribution in [0.2, 0.25) is 5.02 Å². The Morgan fingerprint density at radius 2 is 2.00 bits per heavy atom. The summed E-state index contributed by atoms with van der Waals surface area (Å²) >= 11 is 6.35. The van der Waals surface area contributed by atoms with Gasteiger partial charge in [0.2, 0.25) is 5.91 Å². The molecule has 2 aromatic rings. The Hall–Kier alpha value is -1.79. The minimum atomic E-state index is -0.0379. The molecule has 7 heteroatoms. The molecular weight excluding hydrogens is 373 g/mol. The molecule has 1 aliphatic heterocycles. The van der Waals surface area contributed by atoms with Crippen molar-refractivity contribution in [3.05, 3.63) is 59.1 Å². The number of halogens is 2. The van der Waals surface area contributed by atoms with Crippen LogP contribution in [0.4, 0.5) is 5.69 Å². The maximum Gasteiger partial charge on any atom is 0.238 e. The summed E-state index contributed by atoms with van der Waals surface area (Å²) in [6.07, 6.45) is 0. The van der Waals surface area contributed by atoms with Gasteiger partial charge in [-0.05, 0) is 35.9 Å². The fourth-order valence-electron chi connectivity index (χ4n) is 3.05. The van der Waals surface area contributed by atoms with E-state index in [1.807, 2.05) is 48.5 Å². The van der Waals surface area contributed by atoms with Crippen LogP contribution >= 0.6 is 24.0 Å². The molecule has 1 unspecified atom stereocenters. The second-order valence-corrected chi connectivity index (χ2v) is 6.40. The van der Waals surface area contributed by atoms with Gasteiger partial charge in [0.1, 0.15) is 5.75 Å². The first-order valence-corrected chi connectivity index (χ1v) is 8.68. The number of rotatable bonds is 5. The topological polar surface area (TPSA) is 53.6 Å². The van der Waals surface area contributed by atoms with Crippen LogP contribution in [0.5, 0.6) is 5.75 Å². The van der Waals surface area contributed by atoms with Crippen molar-refractivity contribution in [2.45, 2.75) is 6.04 Å². The zero-order valence-corrected chi connectivity index (χ0v) is 16.1. The molecule has 0 spiro atoms. The van der Waals surface area contributed by atoms with Crippen molar-refractivity contribution in [2.75, 3.05) is 38.6 Å². The molecule has 1 saturated heterocycles. The van der Waals surface area contributed by atoms with E-state index in [0.29, 0.717) is 6.54 Å². The van der Waals surface area contributed by atoms with Crippen LogP contribution in [0.25, 0.3) is 0 Å². The van der Waals surface area contributed by atoms with E-state index in [4.69, 9.17) is 16.3 Å². The zero-order valence-electron chi connectivity index (χ0n) is 14.6. The smallest absolute Gasteiger partial charge is 0.238 e. The van der Waals surface area contributed by atoms with Gasteiger partial charge in [-0.3, -0.25) is 9.69 Å². The van der Waals surface area contributed by atoms with Crippen LogP contribution in [0.3, 0.4) is 0 Å². The molecule has 3 rings (SSSR count). The lowest BCUT2D eigenvalue weighted by Crippen LogP contribution is -2.48. The van der Waals surface area contributed by atoms with E-state index in [-0.39, 0.29) is 24.4 Å². The van der Waals surface area contributed by atoms with Crippen molar-refractivity contribution in [3.63, 3.8) is 0 Å². The second kappa shape index (κ2) is 9.78. The normalized spacial score (nSPS) is 17.2. The van der Waals surface area contributed by atoms with Crippen LogP contribution < -0.4 is 15.4 Å². The summed E-state index contributed by atoms with van der Waals surface area (Å²) in [5, 5.41) is 7.05. The second-order valence-electron chi connectivity index (χ2n) is 5.99. The predicted octanol–water partition coefficient (Wildman–Crippen LogP) is 3.36. The third-order valence-corrected chi connectivity index (χ3v) is 4.68. The lowest BCUT2D eigenvalue weighted by molar-refractivity contribution is -0.118. The number of carbonyl (C=O) groups excluding carboxylic acids is 1. The number of nitrogens with zero attached hydrogens (tertiary/aromatic N) is 1. The van der Waals surface area contributed by atoms with Crippen LogP contribution in [0.15, 0.2) is 48.5 Å². The molecule has 140 valence electrons. The Labute approximate surface area is 165 Å². The van der Waals surface area contributed by atoms with Gasteiger partial charge in [-0.1, -0.05) is 29.8 Å². The Morgan fingerprint density at radius 1 is 1.27 bits per heavy atom. The number of methoxy groups -OCH3 is 1. The molecule has 0 radical (unpaired) electrons. The van der Waals surface area contributed by atoms with Crippen molar-refractivity contribution in [1.82, 2.24) is 10.2 Å². The summed E-state index contributed by atoms with van der Waals surface area (Å²) in [5.74, 6) is 0.725. The molecule has 5 nitrogen and oxygen atoms in total. The number of hydrogen-bond acceptors (Lipinski definition) is 4. The largest absolute Gasteiger partial charge is 0.497 e. The number of nitrogens with one attached hydrogen (secondary N) is 2. The lowest BCUT2D eigenvalue weighted by Gasteiger charge is -2.36. The SMILES string of the molecule is COc1ccc(NC(=O)CN2CCNCC2c2ccccc2Cl)cc1.Cl. The standard InChI is InChI=1S/C19H22ClN3O2.ClH/c1-25-15-8-6-14(7-9-15)22-19(24)13-23-11-10-21-12-18(23)16-4-2-3-5-17(16)20;/h2-9,18,21H,10-13H2,1H3,(H,22,24);1H. The molecule has 2 aromatic carbocycles. The lowest BCUT2D eigenvalue weighted by atomic mass is 10.0. The molecular formula is C19H23Cl2N3O2. The third-order valence-electron chi connectivity index (χ3n) is 4.34. The minimum absolute atomic E-state index is 0. The number of amides is 1. The summed E-state index contributed by atoms with van der Waals surface area (Å²) in [4.78, 5) is 14.6. The van der Waals surface area contributed by atoms with Crippen molar-refractivity contribution in [3.8, 4) is 5.75 Å².